The van der Waals surface area contributed by atoms with Crippen LogP contribution in [0.1, 0.15) is 12.8 Å². The van der Waals surface area contributed by atoms with Crippen LogP contribution in [0, 0.1) is 5.92 Å². The number of carboxylic acid groups (broad SMARTS) is 2. The standard InChI is InChI=1S/C7H12O4S/c1-12-3-2-5(7(10)11)4-6(8)9/h5H,2-4H2,1H3,(H,8,9)(H,10,11)/t5-/m0/s1. The average Bonchev–Trinajstić information content (AvgIpc) is 1.96. The molecular formula is C7H12O4S. The molecule has 0 saturated heterocycles. The van der Waals surface area contributed by atoms with Crippen LogP contribution in [0.3, 0.4) is 0 Å². The molecule has 0 unspecified atom stereocenters. The Bertz CT molecular complexity index is 169. The van der Waals surface area contributed by atoms with Crippen LogP contribution in [0.25, 0.3) is 0 Å². The van der Waals surface area contributed by atoms with Crippen molar-refractivity contribution in [3.63, 3.8) is 0 Å². The van der Waals surface area contributed by atoms with E-state index in [2.05, 4.69) is 0 Å². The smallest absolute Gasteiger partial charge is 0.307 e. The summed E-state index contributed by atoms with van der Waals surface area (Å²) < 4.78 is 0. The maximum atomic E-state index is 10.5. The van der Waals surface area contributed by atoms with Crippen molar-refractivity contribution < 1.29 is 19.8 Å². The fraction of sp³-hybridized carbons (Fsp3) is 0.714. The van der Waals surface area contributed by atoms with Gasteiger partial charge in [0.25, 0.3) is 0 Å². The van der Waals surface area contributed by atoms with Crippen molar-refractivity contribution in [1.82, 2.24) is 0 Å². The van der Waals surface area contributed by atoms with Gasteiger partial charge in [0.15, 0.2) is 0 Å². The number of hydrogen-bond donors (Lipinski definition) is 2. The molecule has 0 bridgehead atoms. The first-order chi connectivity index (χ1) is 5.57. The van der Waals surface area contributed by atoms with Gasteiger partial charge in [-0.05, 0) is 18.4 Å². The maximum absolute atomic E-state index is 10.5. The number of aliphatic carboxylic acids is 2. The van der Waals surface area contributed by atoms with Crippen LogP contribution in [0.4, 0.5) is 0 Å². The second kappa shape index (κ2) is 5.88. The summed E-state index contributed by atoms with van der Waals surface area (Å²) in [5, 5.41) is 16.9. The first-order valence-electron chi connectivity index (χ1n) is 3.51. The fourth-order valence-electron chi connectivity index (χ4n) is 0.784. The fourth-order valence-corrected chi connectivity index (χ4v) is 1.30. The van der Waals surface area contributed by atoms with E-state index in [1.165, 1.54) is 11.8 Å². The quantitative estimate of drug-likeness (QED) is 0.654. The normalized spacial score (nSPS) is 12.4. The van der Waals surface area contributed by atoms with Gasteiger partial charge in [0.1, 0.15) is 0 Å². The van der Waals surface area contributed by atoms with E-state index in [0.29, 0.717) is 12.2 Å². The maximum Gasteiger partial charge on any atom is 0.307 e. The van der Waals surface area contributed by atoms with E-state index in [9.17, 15) is 9.59 Å². The second-order valence-corrected chi connectivity index (χ2v) is 3.40. The Labute approximate surface area is 75.0 Å². The highest BCUT2D eigenvalue weighted by atomic mass is 32.2. The number of carboxylic acids is 2. The lowest BCUT2D eigenvalue weighted by Gasteiger charge is -2.07. The minimum absolute atomic E-state index is 0.282. The third-order valence-electron chi connectivity index (χ3n) is 1.44. The van der Waals surface area contributed by atoms with Gasteiger partial charge in [-0.25, -0.2) is 0 Å². The van der Waals surface area contributed by atoms with E-state index in [-0.39, 0.29) is 6.42 Å². The molecule has 1 atom stereocenters. The van der Waals surface area contributed by atoms with Gasteiger partial charge in [-0.1, -0.05) is 0 Å². The molecule has 0 saturated carbocycles. The average molecular weight is 192 g/mol. The summed E-state index contributed by atoms with van der Waals surface area (Å²) in [6.07, 6.45) is 2.00. The van der Waals surface area contributed by atoms with Crippen molar-refractivity contribution in [2.75, 3.05) is 12.0 Å². The van der Waals surface area contributed by atoms with E-state index in [1.54, 1.807) is 0 Å². The summed E-state index contributed by atoms with van der Waals surface area (Å²) in [6.45, 7) is 0. The monoisotopic (exact) mass is 192 g/mol. The lowest BCUT2D eigenvalue weighted by atomic mass is 10.0. The summed E-state index contributed by atoms with van der Waals surface area (Å²) >= 11 is 1.52. The highest BCUT2D eigenvalue weighted by molar-refractivity contribution is 7.98. The largest absolute Gasteiger partial charge is 0.481 e. The van der Waals surface area contributed by atoms with Gasteiger partial charge < -0.3 is 10.2 Å². The summed E-state index contributed by atoms with van der Waals surface area (Å²) in [6, 6.07) is 0. The van der Waals surface area contributed by atoms with Crippen molar-refractivity contribution in [3.05, 3.63) is 0 Å². The zero-order valence-corrected chi connectivity index (χ0v) is 7.63. The highest BCUT2D eigenvalue weighted by Gasteiger charge is 2.19. The zero-order chi connectivity index (χ0) is 9.56. The molecule has 0 aromatic carbocycles. The van der Waals surface area contributed by atoms with Gasteiger partial charge in [0.2, 0.25) is 0 Å². The Morgan fingerprint density at radius 3 is 2.33 bits per heavy atom. The van der Waals surface area contributed by atoms with Crippen molar-refractivity contribution >= 4 is 23.7 Å². The van der Waals surface area contributed by atoms with Crippen molar-refractivity contribution in [2.24, 2.45) is 5.92 Å². The van der Waals surface area contributed by atoms with Crippen LogP contribution < -0.4 is 0 Å². The van der Waals surface area contributed by atoms with E-state index < -0.39 is 17.9 Å². The SMILES string of the molecule is CSCC[C@@H](CC(=O)O)C(=O)O. The zero-order valence-electron chi connectivity index (χ0n) is 6.82. The second-order valence-electron chi connectivity index (χ2n) is 2.41. The minimum atomic E-state index is -1.05. The lowest BCUT2D eigenvalue weighted by molar-refractivity contribution is -0.148. The molecule has 0 amide bonds. The van der Waals surface area contributed by atoms with Gasteiger partial charge in [0, 0.05) is 0 Å². The van der Waals surface area contributed by atoms with Crippen LogP contribution in [0.2, 0.25) is 0 Å². The van der Waals surface area contributed by atoms with Crippen LogP contribution in [-0.2, 0) is 9.59 Å². The predicted octanol–water partition coefficient (Wildman–Crippen LogP) is 0.915. The Morgan fingerprint density at radius 1 is 1.42 bits per heavy atom. The molecule has 2 N–H and O–H groups in total. The first kappa shape index (κ1) is 11.3. The van der Waals surface area contributed by atoms with Crippen LogP contribution in [0.15, 0.2) is 0 Å². The molecule has 0 heterocycles. The third-order valence-corrected chi connectivity index (χ3v) is 2.08. The number of carbonyl (C=O) groups is 2. The van der Waals surface area contributed by atoms with Crippen molar-refractivity contribution in [3.8, 4) is 0 Å². The molecule has 0 spiro atoms. The molecule has 0 aliphatic heterocycles. The third kappa shape index (κ3) is 5.01. The predicted molar refractivity (Wildman–Crippen MR) is 46.4 cm³/mol. The van der Waals surface area contributed by atoms with E-state index in [0.717, 1.165) is 0 Å². The number of thioether (sulfide) groups is 1. The number of rotatable bonds is 6. The van der Waals surface area contributed by atoms with E-state index >= 15 is 0 Å². The van der Waals surface area contributed by atoms with Crippen LogP contribution in [-0.4, -0.2) is 34.2 Å². The molecule has 0 radical (unpaired) electrons. The molecule has 0 aliphatic rings. The van der Waals surface area contributed by atoms with Crippen LogP contribution in [0.5, 0.6) is 0 Å². The molecule has 0 aromatic rings. The topological polar surface area (TPSA) is 74.6 Å². The van der Waals surface area contributed by atoms with Gasteiger partial charge in [-0.15, -0.1) is 0 Å². The Hall–Kier alpha value is -0.710. The minimum Gasteiger partial charge on any atom is -0.481 e. The first-order valence-corrected chi connectivity index (χ1v) is 4.90. The van der Waals surface area contributed by atoms with Crippen LogP contribution >= 0.6 is 11.8 Å². The Balaban J connectivity index is 3.87. The molecule has 0 fully saturated rings. The van der Waals surface area contributed by atoms with Crippen molar-refractivity contribution in [1.29, 1.82) is 0 Å². The van der Waals surface area contributed by atoms with Gasteiger partial charge in [-0.3, -0.25) is 9.59 Å². The molecule has 5 heteroatoms. The molecule has 0 rings (SSSR count). The Morgan fingerprint density at radius 2 is 2.00 bits per heavy atom. The lowest BCUT2D eigenvalue weighted by Crippen LogP contribution is -2.18. The highest BCUT2D eigenvalue weighted by Crippen LogP contribution is 2.12. The van der Waals surface area contributed by atoms with Gasteiger partial charge >= 0.3 is 11.9 Å². The molecule has 12 heavy (non-hydrogen) atoms. The summed E-state index contributed by atoms with van der Waals surface area (Å²) in [4.78, 5) is 20.7. The Kier molecular flexibility index (Phi) is 5.53. The summed E-state index contributed by atoms with van der Waals surface area (Å²) in [5.74, 6) is -2.13. The summed E-state index contributed by atoms with van der Waals surface area (Å²) in [5.41, 5.74) is 0. The van der Waals surface area contributed by atoms with E-state index in [1.807, 2.05) is 6.26 Å². The molecule has 0 aliphatic carbocycles. The molecular weight excluding hydrogens is 180 g/mol. The molecule has 0 aromatic heterocycles. The van der Waals surface area contributed by atoms with E-state index in [4.69, 9.17) is 10.2 Å². The van der Waals surface area contributed by atoms with Gasteiger partial charge in [-0.2, -0.15) is 11.8 Å². The van der Waals surface area contributed by atoms with Gasteiger partial charge in [0.05, 0.1) is 12.3 Å². The molecule has 70 valence electrons. The number of hydrogen-bond acceptors (Lipinski definition) is 3. The van der Waals surface area contributed by atoms with Crippen molar-refractivity contribution in [2.45, 2.75) is 12.8 Å². The molecule has 4 nitrogen and oxygen atoms in total. The summed E-state index contributed by atoms with van der Waals surface area (Å²) in [7, 11) is 0.